The van der Waals surface area contributed by atoms with Crippen LogP contribution in [0.4, 0.5) is 0 Å². The van der Waals surface area contributed by atoms with Gasteiger partial charge in [-0.2, -0.15) is 0 Å². The van der Waals surface area contributed by atoms with E-state index in [0.717, 1.165) is 19.3 Å². The van der Waals surface area contributed by atoms with E-state index < -0.39 is 30.7 Å². The Bertz CT molecular complexity index is 433. The zero-order valence-electron chi connectivity index (χ0n) is 13.9. The number of aliphatic hydroxyl groups excluding tert-OH is 3. The monoisotopic (exact) mass is 325 g/mol. The molecule has 132 valence electrons. The van der Waals surface area contributed by atoms with Crippen molar-refractivity contribution in [3.63, 3.8) is 0 Å². The highest BCUT2D eigenvalue weighted by atomic mass is 16.4. The molecule has 2 rings (SSSR count). The van der Waals surface area contributed by atoms with Gasteiger partial charge in [-0.3, -0.25) is 0 Å². The molecular weight excluding hydrogens is 296 g/mol. The molecule has 2 aliphatic carbocycles. The lowest BCUT2D eigenvalue weighted by Crippen LogP contribution is -2.37. The fourth-order valence-corrected chi connectivity index (χ4v) is 4.31. The number of aliphatic hydroxyl groups is 3. The largest absolute Gasteiger partial charge is 0.550 e. The predicted octanol–water partition coefficient (Wildman–Crippen LogP) is 0.762. The molecule has 0 radical (unpaired) electrons. The first-order chi connectivity index (χ1) is 10.9. The smallest absolute Gasteiger partial charge is 0.0752 e. The van der Waals surface area contributed by atoms with Crippen LogP contribution in [0, 0.1) is 17.8 Å². The van der Waals surface area contributed by atoms with Crippen LogP contribution in [0.5, 0.6) is 0 Å². The molecule has 0 unspecified atom stereocenters. The first-order valence-electron chi connectivity index (χ1n) is 8.83. The van der Waals surface area contributed by atoms with E-state index in [1.165, 1.54) is 18.4 Å². The van der Waals surface area contributed by atoms with E-state index in [9.17, 15) is 25.2 Å². The molecule has 5 heteroatoms. The number of carbonyl (C=O) groups excluding carboxylic acids is 1. The van der Waals surface area contributed by atoms with Gasteiger partial charge in [0.25, 0.3) is 0 Å². The molecule has 0 aliphatic heterocycles. The highest BCUT2D eigenvalue weighted by Crippen LogP contribution is 2.45. The second kappa shape index (κ2) is 8.27. The third-order valence-electron chi connectivity index (χ3n) is 5.60. The van der Waals surface area contributed by atoms with Crippen molar-refractivity contribution in [2.75, 3.05) is 0 Å². The minimum Gasteiger partial charge on any atom is -0.550 e. The van der Waals surface area contributed by atoms with Crippen LogP contribution in [0.2, 0.25) is 0 Å². The molecule has 0 saturated heterocycles. The number of fused-ring (bicyclic) bond motifs is 1. The van der Waals surface area contributed by atoms with Crippen molar-refractivity contribution >= 4 is 5.97 Å². The quantitative estimate of drug-likeness (QED) is 0.600. The topological polar surface area (TPSA) is 101 Å². The van der Waals surface area contributed by atoms with Crippen molar-refractivity contribution in [1.29, 1.82) is 0 Å². The van der Waals surface area contributed by atoms with Crippen molar-refractivity contribution in [2.24, 2.45) is 17.8 Å². The van der Waals surface area contributed by atoms with Crippen LogP contribution < -0.4 is 5.11 Å². The molecule has 0 aromatic carbocycles. The molecule has 0 aromatic rings. The van der Waals surface area contributed by atoms with Gasteiger partial charge in [0.05, 0.1) is 18.3 Å². The fourth-order valence-electron chi connectivity index (χ4n) is 4.31. The Labute approximate surface area is 138 Å². The van der Waals surface area contributed by atoms with E-state index in [2.05, 4.69) is 6.92 Å². The van der Waals surface area contributed by atoms with Crippen molar-refractivity contribution in [2.45, 2.75) is 76.6 Å². The van der Waals surface area contributed by atoms with Gasteiger partial charge in [0, 0.05) is 12.4 Å². The van der Waals surface area contributed by atoms with Gasteiger partial charge in [0.2, 0.25) is 0 Å². The summed E-state index contributed by atoms with van der Waals surface area (Å²) in [6, 6.07) is 0. The molecule has 0 bridgehead atoms. The third kappa shape index (κ3) is 5.03. The molecule has 6 atom stereocenters. The Morgan fingerprint density at radius 3 is 2.78 bits per heavy atom. The third-order valence-corrected chi connectivity index (χ3v) is 5.60. The molecule has 0 spiro atoms. The van der Waals surface area contributed by atoms with E-state index in [1.807, 2.05) is 6.08 Å². The number of allylic oxidation sites excluding steroid dienone is 1. The summed E-state index contributed by atoms with van der Waals surface area (Å²) in [5.41, 5.74) is 1.37. The Kier molecular flexibility index (Phi) is 6.62. The summed E-state index contributed by atoms with van der Waals surface area (Å²) in [5, 5.41) is 40.3. The first kappa shape index (κ1) is 18.4. The average molecular weight is 325 g/mol. The molecule has 0 amide bonds. The van der Waals surface area contributed by atoms with Crippen LogP contribution in [0.15, 0.2) is 11.6 Å². The van der Waals surface area contributed by atoms with Crippen LogP contribution in [-0.4, -0.2) is 39.6 Å². The summed E-state index contributed by atoms with van der Waals surface area (Å²) in [6.07, 6.45) is 5.40. The Morgan fingerprint density at radius 2 is 2.09 bits per heavy atom. The number of carbonyl (C=O) groups is 1. The lowest BCUT2D eigenvalue weighted by atomic mass is 9.64. The number of rotatable bonds is 7. The molecule has 23 heavy (non-hydrogen) atoms. The summed E-state index contributed by atoms with van der Waals surface area (Å²) in [5.74, 6) is -0.284. The van der Waals surface area contributed by atoms with Crippen LogP contribution in [0.3, 0.4) is 0 Å². The van der Waals surface area contributed by atoms with Crippen molar-refractivity contribution in [3.8, 4) is 0 Å². The maximum Gasteiger partial charge on any atom is 0.0752 e. The lowest BCUT2D eigenvalue weighted by Gasteiger charge is -2.42. The minimum absolute atomic E-state index is 0.0605. The zero-order chi connectivity index (χ0) is 17.0. The number of aliphatic carboxylic acids is 1. The normalized spacial score (nSPS) is 33.5. The fraction of sp³-hybridized carbons (Fsp3) is 0.833. The number of hydrogen-bond acceptors (Lipinski definition) is 5. The molecule has 0 aromatic heterocycles. The summed E-state index contributed by atoms with van der Waals surface area (Å²) in [4.78, 5) is 10.4. The molecule has 3 N–H and O–H groups in total. The summed E-state index contributed by atoms with van der Waals surface area (Å²) >= 11 is 0. The lowest BCUT2D eigenvalue weighted by molar-refractivity contribution is -0.307. The second-order valence-electron chi connectivity index (χ2n) is 7.30. The predicted molar refractivity (Wildman–Crippen MR) is 84.2 cm³/mol. The number of hydrogen-bond donors (Lipinski definition) is 3. The van der Waals surface area contributed by atoms with Gasteiger partial charge in [-0.05, 0) is 56.3 Å². The summed E-state index contributed by atoms with van der Waals surface area (Å²) in [7, 11) is 0. The minimum atomic E-state index is -1.30. The van der Waals surface area contributed by atoms with E-state index in [0.29, 0.717) is 18.3 Å². The maximum absolute atomic E-state index is 10.4. The number of carboxylic acid groups (broad SMARTS) is 1. The van der Waals surface area contributed by atoms with Gasteiger partial charge in [0.1, 0.15) is 0 Å². The number of carboxylic acids is 1. The van der Waals surface area contributed by atoms with E-state index in [4.69, 9.17) is 0 Å². The van der Waals surface area contributed by atoms with Crippen LogP contribution in [0.1, 0.15) is 58.3 Å². The molecule has 1 saturated carbocycles. The maximum atomic E-state index is 10.4. The van der Waals surface area contributed by atoms with Gasteiger partial charge in [-0.15, -0.1) is 0 Å². The molecule has 2 aliphatic rings. The highest BCUT2D eigenvalue weighted by Gasteiger charge is 2.37. The van der Waals surface area contributed by atoms with Crippen LogP contribution >= 0.6 is 0 Å². The Morgan fingerprint density at radius 1 is 1.35 bits per heavy atom. The van der Waals surface area contributed by atoms with Gasteiger partial charge in [0.15, 0.2) is 0 Å². The summed E-state index contributed by atoms with van der Waals surface area (Å²) < 4.78 is 0. The van der Waals surface area contributed by atoms with Crippen LogP contribution in [-0.2, 0) is 4.79 Å². The van der Waals surface area contributed by atoms with E-state index in [-0.39, 0.29) is 12.3 Å². The van der Waals surface area contributed by atoms with Gasteiger partial charge in [-0.1, -0.05) is 25.0 Å². The second-order valence-corrected chi connectivity index (χ2v) is 7.30. The van der Waals surface area contributed by atoms with E-state index >= 15 is 0 Å². The molecule has 1 fully saturated rings. The van der Waals surface area contributed by atoms with Gasteiger partial charge >= 0.3 is 0 Å². The Hall–Kier alpha value is -0.910. The van der Waals surface area contributed by atoms with Crippen molar-refractivity contribution in [3.05, 3.63) is 11.6 Å². The van der Waals surface area contributed by atoms with E-state index in [1.54, 1.807) is 0 Å². The van der Waals surface area contributed by atoms with Gasteiger partial charge in [-0.25, -0.2) is 0 Å². The standard InChI is InChI=1S/C18H30O5/c1-11-15(7-6-13(19)9-14(20)10-18(22)23)16-5-3-2-4-12(16)8-17(11)21/h8,11,13-17,19-21H,2-7,9-10H2,1H3,(H,22,23)/p-1/t11-,13-,14-,15+,16+,17-/m1/s1. The highest BCUT2D eigenvalue weighted by molar-refractivity contribution is 5.64. The van der Waals surface area contributed by atoms with Gasteiger partial charge < -0.3 is 25.2 Å². The first-order valence-corrected chi connectivity index (χ1v) is 8.83. The summed E-state index contributed by atoms with van der Waals surface area (Å²) in [6.45, 7) is 2.06. The molecule has 5 nitrogen and oxygen atoms in total. The SMILES string of the molecule is C[C@@H]1[C@H](CC[C@@H](O)C[C@@H](O)CC(=O)[O-])[C@H]2CCCCC2=C[C@H]1O. The van der Waals surface area contributed by atoms with Crippen LogP contribution in [0.25, 0.3) is 0 Å². The molecule has 0 heterocycles. The zero-order valence-corrected chi connectivity index (χ0v) is 13.9. The van der Waals surface area contributed by atoms with Crippen molar-refractivity contribution in [1.82, 2.24) is 0 Å². The molecular formula is C18H29O5-. The van der Waals surface area contributed by atoms with Crippen molar-refractivity contribution < 1.29 is 25.2 Å². The average Bonchev–Trinajstić information content (AvgIpc) is 2.46. The Balaban J connectivity index is 1.88.